The van der Waals surface area contributed by atoms with Crippen molar-refractivity contribution in [3.05, 3.63) is 47.2 Å². The van der Waals surface area contributed by atoms with Gasteiger partial charge in [-0.05, 0) is 12.5 Å². The van der Waals surface area contributed by atoms with E-state index in [4.69, 9.17) is 11.6 Å². The highest BCUT2D eigenvalue weighted by molar-refractivity contribution is 9.11. The van der Waals surface area contributed by atoms with Crippen LogP contribution in [0, 0.1) is 0 Å². The summed E-state index contributed by atoms with van der Waals surface area (Å²) in [5.41, 5.74) is 0.775. The van der Waals surface area contributed by atoms with Crippen molar-refractivity contribution in [1.29, 1.82) is 0 Å². The topological polar surface area (TPSA) is 71.5 Å². The van der Waals surface area contributed by atoms with Gasteiger partial charge >= 0.3 is 0 Å². The van der Waals surface area contributed by atoms with E-state index in [1.54, 1.807) is 30.3 Å². The van der Waals surface area contributed by atoms with Crippen molar-refractivity contribution < 1.29 is 18.0 Å². The molecule has 1 aromatic carbocycles. The van der Waals surface area contributed by atoms with Crippen molar-refractivity contribution in [2.45, 2.75) is 21.8 Å². The van der Waals surface area contributed by atoms with Gasteiger partial charge in [0.1, 0.15) is 9.54 Å². The molecule has 0 spiro atoms. The van der Waals surface area contributed by atoms with Crippen LogP contribution in [0.5, 0.6) is 0 Å². The zero-order valence-electron chi connectivity index (χ0n) is 11.4. The van der Waals surface area contributed by atoms with Crippen LogP contribution in [0.15, 0.2) is 41.6 Å². The fraction of sp³-hybridized carbons (Fsp3) is 0.286. The standard InChI is InChI=1S/C14H11BrClNO4S/c1-7-10(11(18)8-5-3-2-4-6-8)17-13(19)9(16)14(17)22(20,21)12(7)15/h2-6,9,12,14H,1H3/t9-,12?,14+/m0/s1. The van der Waals surface area contributed by atoms with Crippen molar-refractivity contribution in [2.24, 2.45) is 0 Å². The van der Waals surface area contributed by atoms with E-state index in [2.05, 4.69) is 15.9 Å². The SMILES string of the molecule is CC1=C(C(=O)c2ccccc2)N2C(=O)[C@H](Cl)[C@H]2S(=O)(=O)C1Br. The van der Waals surface area contributed by atoms with E-state index in [1.807, 2.05) is 0 Å². The van der Waals surface area contributed by atoms with E-state index in [-0.39, 0.29) is 11.5 Å². The molecule has 0 bridgehead atoms. The molecule has 3 rings (SSSR count). The number of hydrogen-bond acceptors (Lipinski definition) is 4. The van der Waals surface area contributed by atoms with Crippen molar-refractivity contribution >= 4 is 49.1 Å². The Balaban J connectivity index is 2.16. The van der Waals surface area contributed by atoms with Crippen LogP contribution in [0.1, 0.15) is 17.3 Å². The Morgan fingerprint density at radius 2 is 1.86 bits per heavy atom. The van der Waals surface area contributed by atoms with Crippen LogP contribution in [0.4, 0.5) is 0 Å². The van der Waals surface area contributed by atoms with Crippen LogP contribution in [-0.4, -0.2) is 39.9 Å². The number of allylic oxidation sites excluding steroid dienone is 1. The van der Waals surface area contributed by atoms with Crippen LogP contribution in [-0.2, 0) is 14.6 Å². The molecule has 8 heteroatoms. The quantitative estimate of drug-likeness (QED) is 0.430. The average molecular weight is 405 g/mol. The molecule has 1 amide bonds. The molecule has 0 N–H and O–H groups in total. The number of fused-ring (bicyclic) bond motifs is 1. The van der Waals surface area contributed by atoms with Gasteiger partial charge in [0.15, 0.2) is 15.2 Å². The molecule has 5 nitrogen and oxygen atoms in total. The van der Waals surface area contributed by atoms with Crippen LogP contribution >= 0.6 is 27.5 Å². The molecule has 1 saturated heterocycles. The fourth-order valence-electron chi connectivity index (χ4n) is 2.66. The van der Waals surface area contributed by atoms with Gasteiger partial charge in [-0.15, -0.1) is 11.6 Å². The average Bonchev–Trinajstić information content (AvgIpc) is 2.52. The highest BCUT2D eigenvalue weighted by Gasteiger charge is 2.61. The highest BCUT2D eigenvalue weighted by Crippen LogP contribution is 2.44. The molecule has 1 unspecified atom stereocenters. The number of benzene rings is 1. The van der Waals surface area contributed by atoms with Gasteiger partial charge in [0, 0.05) is 5.56 Å². The first-order valence-corrected chi connectivity index (χ1v) is 9.39. The van der Waals surface area contributed by atoms with E-state index in [0.717, 1.165) is 4.90 Å². The van der Waals surface area contributed by atoms with E-state index in [9.17, 15) is 18.0 Å². The predicted molar refractivity (Wildman–Crippen MR) is 85.4 cm³/mol. The van der Waals surface area contributed by atoms with E-state index in [1.165, 1.54) is 6.92 Å². The summed E-state index contributed by atoms with van der Waals surface area (Å²) in [7, 11) is -3.70. The highest BCUT2D eigenvalue weighted by atomic mass is 79.9. The molecule has 0 saturated carbocycles. The van der Waals surface area contributed by atoms with Gasteiger partial charge in [0.05, 0.1) is 5.70 Å². The van der Waals surface area contributed by atoms with E-state index >= 15 is 0 Å². The number of alkyl halides is 2. The van der Waals surface area contributed by atoms with Crippen molar-refractivity contribution in [3.8, 4) is 0 Å². The van der Waals surface area contributed by atoms with Gasteiger partial charge in [0.2, 0.25) is 11.7 Å². The number of carbonyl (C=O) groups is 2. The molecule has 0 radical (unpaired) electrons. The van der Waals surface area contributed by atoms with E-state index < -0.39 is 30.7 Å². The molecule has 22 heavy (non-hydrogen) atoms. The van der Waals surface area contributed by atoms with Gasteiger partial charge in [-0.25, -0.2) is 8.42 Å². The lowest BCUT2D eigenvalue weighted by atomic mass is 10.0. The van der Waals surface area contributed by atoms with Crippen LogP contribution < -0.4 is 0 Å². The lowest BCUT2D eigenvalue weighted by molar-refractivity contribution is -0.138. The summed E-state index contributed by atoms with van der Waals surface area (Å²) in [5, 5.41) is -2.35. The third-order valence-electron chi connectivity index (χ3n) is 3.81. The van der Waals surface area contributed by atoms with Crippen molar-refractivity contribution in [3.63, 3.8) is 0 Å². The van der Waals surface area contributed by atoms with Gasteiger partial charge in [0.25, 0.3) is 0 Å². The number of amides is 1. The lowest BCUT2D eigenvalue weighted by Gasteiger charge is -2.48. The second-order valence-electron chi connectivity index (χ2n) is 5.13. The Kier molecular flexibility index (Phi) is 3.70. The number of carbonyl (C=O) groups excluding carboxylic acids is 2. The number of rotatable bonds is 2. The van der Waals surface area contributed by atoms with Gasteiger partial charge in [-0.2, -0.15) is 0 Å². The minimum Gasteiger partial charge on any atom is -0.287 e. The number of halogens is 2. The largest absolute Gasteiger partial charge is 0.287 e. The second-order valence-corrected chi connectivity index (χ2v) is 9.26. The third-order valence-corrected chi connectivity index (χ3v) is 8.72. The molecule has 2 heterocycles. The van der Waals surface area contributed by atoms with Crippen LogP contribution in [0.2, 0.25) is 0 Å². The Morgan fingerprint density at radius 1 is 1.27 bits per heavy atom. The maximum absolute atomic E-state index is 12.7. The minimum absolute atomic E-state index is 0.0924. The molecule has 1 aromatic rings. The van der Waals surface area contributed by atoms with Gasteiger partial charge in [-0.1, -0.05) is 46.3 Å². The van der Waals surface area contributed by atoms with Gasteiger partial charge in [-0.3, -0.25) is 14.5 Å². The Morgan fingerprint density at radius 3 is 2.45 bits per heavy atom. The number of ketones is 1. The number of nitrogens with zero attached hydrogens (tertiary/aromatic N) is 1. The summed E-state index contributed by atoms with van der Waals surface area (Å²) < 4.78 is 23.7. The molecular formula is C14H11BrClNO4S. The zero-order chi connectivity index (χ0) is 16.2. The first-order chi connectivity index (χ1) is 10.3. The summed E-state index contributed by atoms with van der Waals surface area (Å²) in [6.07, 6.45) is 0. The molecule has 3 atom stereocenters. The first-order valence-electron chi connectivity index (χ1n) is 6.43. The summed E-state index contributed by atoms with van der Waals surface area (Å²) in [6, 6.07) is 8.41. The Bertz CT molecular complexity index is 805. The smallest absolute Gasteiger partial charge is 0.249 e. The molecule has 1 fully saturated rings. The monoisotopic (exact) mass is 403 g/mol. The maximum atomic E-state index is 12.7. The minimum atomic E-state index is -3.70. The number of β-lactam (4-membered cyclic amide) rings is 1. The molecule has 2 aliphatic rings. The first kappa shape index (κ1) is 15.7. The number of Topliss-reactive ketones (excluding diaryl/α,β-unsaturated/α-hetero) is 1. The zero-order valence-corrected chi connectivity index (χ0v) is 14.5. The van der Waals surface area contributed by atoms with Crippen molar-refractivity contribution in [2.75, 3.05) is 0 Å². The fourth-order valence-corrected chi connectivity index (χ4v) is 5.99. The maximum Gasteiger partial charge on any atom is 0.249 e. The summed E-state index contributed by atoms with van der Waals surface area (Å²) >= 11 is 8.97. The summed E-state index contributed by atoms with van der Waals surface area (Å²) in [6.45, 7) is 1.53. The Labute approximate surface area is 141 Å². The lowest BCUT2D eigenvalue weighted by Crippen LogP contribution is -2.68. The van der Waals surface area contributed by atoms with E-state index in [0.29, 0.717) is 11.1 Å². The molecule has 0 aromatic heterocycles. The third kappa shape index (κ3) is 1.99. The normalized spacial score (nSPS) is 29.9. The number of hydrogen-bond donors (Lipinski definition) is 0. The van der Waals surface area contributed by atoms with Crippen LogP contribution in [0.25, 0.3) is 0 Å². The summed E-state index contributed by atoms with van der Waals surface area (Å²) in [4.78, 5) is 25.7. The van der Waals surface area contributed by atoms with Crippen LogP contribution in [0.3, 0.4) is 0 Å². The number of sulfone groups is 1. The van der Waals surface area contributed by atoms with Crippen molar-refractivity contribution in [1.82, 2.24) is 4.90 Å². The second kappa shape index (κ2) is 5.18. The summed E-state index contributed by atoms with van der Waals surface area (Å²) in [5.74, 6) is -0.951. The molecule has 116 valence electrons. The predicted octanol–water partition coefficient (Wildman–Crippen LogP) is 2.07. The Hall–Kier alpha value is -1.18. The molecule has 2 aliphatic heterocycles. The molecular weight excluding hydrogens is 394 g/mol. The van der Waals surface area contributed by atoms with Gasteiger partial charge < -0.3 is 0 Å². The molecule has 0 aliphatic carbocycles.